The van der Waals surface area contributed by atoms with E-state index in [2.05, 4.69) is 51.9 Å². The molecule has 0 aliphatic carbocycles. The summed E-state index contributed by atoms with van der Waals surface area (Å²) in [7, 11) is 0. The number of aliphatic hydroxyl groups is 2. The van der Waals surface area contributed by atoms with Crippen molar-refractivity contribution < 1.29 is 24.5 Å². The first-order chi connectivity index (χ1) is 19.5. The van der Waals surface area contributed by atoms with E-state index >= 15 is 0 Å². The van der Waals surface area contributed by atoms with Crippen molar-refractivity contribution in [1.29, 1.82) is 5.26 Å². The van der Waals surface area contributed by atoms with Crippen molar-refractivity contribution in [3.8, 4) is 16.5 Å². The Balaban J connectivity index is 1.20. The first-order valence-corrected chi connectivity index (χ1v) is 14.4. The number of benzene rings is 2. The average Bonchev–Trinajstić information content (AvgIpc) is 3.45. The molecule has 2 aliphatic heterocycles. The third-order valence-corrected chi connectivity index (χ3v) is 8.33. The van der Waals surface area contributed by atoms with Gasteiger partial charge in [-0.15, -0.1) is 11.3 Å². The van der Waals surface area contributed by atoms with Gasteiger partial charge in [0.15, 0.2) is 0 Å². The first kappa shape index (κ1) is 28.2. The van der Waals surface area contributed by atoms with E-state index in [1.165, 1.54) is 11.3 Å². The van der Waals surface area contributed by atoms with E-state index in [1.807, 2.05) is 18.2 Å². The molecule has 3 heterocycles. The highest BCUT2D eigenvalue weighted by Gasteiger charge is 2.31. The molecule has 0 saturated carbocycles. The molecule has 0 radical (unpaired) electrons. The average molecular weight is 563 g/mol. The maximum Gasteiger partial charge on any atom is 0.262 e. The van der Waals surface area contributed by atoms with Gasteiger partial charge < -0.3 is 30.3 Å². The van der Waals surface area contributed by atoms with Crippen LogP contribution in [-0.2, 0) is 14.3 Å². The number of morpholine rings is 1. The molecule has 10 heteroatoms. The Morgan fingerprint density at radius 3 is 2.73 bits per heavy atom. The molecule has 1 amide bonds. The van der Waals surface area contributed by atoms with Crippen LogP contribution in [0.1, 0.15) is 11.3 Å². The third-order valence-electron chi connectivity index (χ3n) is 7.25. The summed E-state index contributed by atoms with van der Waals surface area (Å²) in [5.74, 6) is -0.548. The molecule has 4 N–H and O–H groups in total. The van der Waals surface area contributed by atoms with Crippen molar-refractivity contribution in [2.45, 2.75) is 24.7 Å². The van der Waals surface area contributed by atoms with Crippen LogP contribution in [0.2, 0.25) is 0 Å². The number of carbonyl (C=O) groups is 1. The number of nitrogens with one attached hydrogen (secondary N) is 2. The molecule has 0 bridgehead atoms. The Labute approximate surface area is 237 Å². The van der Waals surface area contributed by atoms with Crippen LogP contribution in [-0.4, -0.2) is 91.9 Å². The SMILES string of the molecule is N#C/C(=C\c1ccc(-c2ccc3cc(NCCN4CCOCC4)ccc3c2)s1)C(=O)NC[C@H]1OCC[C@@H](O)[C@@H]1O. The zero-order chi connectivity index (χ0) is 27.9. The fourth-order valence-electron chi connectivity index (χ4n) is 4.89. The molecule has 40 heavy (non-hydrogen) atoms. The van der Waals surface area contributed by atoms with Gasteiger partial charge in [-0.2, -0.15) is 5.26 Å². The molecule has 3 atom stereocenters. The molecule has 2 saturated heterocycles. The largest absolute Gasteiger partial charge is 0.390 e. The lowest BCUT2D eigenvalue weighted by Crippen LogP contribution is -2.50. The minimum absolute atomic E-state index is 0.00790. The van der Waals surface area contributed by atoms with Gasteiger partial charge in [0, 0.05) is 54.8 Å². The minimum Gasteiger partial charge on any atom is -0.390 e. The second-order valence-electron chi connectivity index (χ2n) is 10.00. The zero-order valence-electron chi connectivity index (χ0n) is 22.2. The number of nitrogens with zero attached hydrogens (tertiary/aromatic N) is 2. The van der Waals surface area contributed by atoms with Crippen molar-refractivity contribution >= 4 is 39.8 Å². The highest BCUT2D eigenvalue weighted by Crippen LogP contribution is 2.32. The molecule has 5 rings (SSSR count). The van der Waals surface area contributed by atoms with Gasteiger partial charge >= 0.3 is 0 Å². The fourth-order valence-corrected chi connectivity index (χ4v) is 5.84. The van der Waals surface area contributed by atoms with Crippen molar-refractivity contribution in [3.05, 3.63) is 59.0 Å². The summed E-state index contributed by atoms with van der Waals surface area (Å²) >= 11 is 1.50. The Morgan fingerprint density at radius 1 is 1.10 bits per heavy atom. The summed E-state index contributed by atoms with van der Waals surface area (Å²) in [6, 6.07) is 18.6. The van der Waals surface area contributed by atoms with E-state index in [9.17, 15) is 20.3 Å². The summed E-state index contributed by atoms with van der Waals surface area (Å²) < 4.78 is 10.8. The van der Waals surface area contributed by atoms with Crippen molar-refractivity contribution in [2.24, 2.45) is 0 Å². The molecule has 0 unspecified atom stereocenters. The number of anilines is 1. The Hall–Kier alpha value is -3.30. The predicted octanol–water partition coefficient (Wildman–Crippen LogP) is 2.85. The first-order valence-electron chi connectivity index (χ1n) is 13.6. The Morgan fingerprint density at radius 2 is 1.90 bits per heavy atom. The fraction of sp³-hybridized carbons (Fsp3) is 0.400. The predicted molar refractivity (Wildman–Crippen MR) is 156 cm³/mol. The molecular weight excluding hydrogens is 528 g/mol. The Kier molecular flexibility index (Phi) is 9.44. The molecule has 2 fully saturated rings. The number of ether oxygens (including phenoxy) is 2. The number of aliphatic hydroxyl groups excluding tert-OH is 2. The van der Waals surface area contributed by atoms with Crippen LogP contribution in [0.15, 0.2) is 54.1 Å². The Bertz CT molecular complexity index is 1390. The zero-order valence-corrected chi connectivity index (χ0v) is 23.0. The summed E-state index contributed by atoms with van der Waals surface area (Å²) in [5, 5.41) is 37.8. The monoisotopic (exact) mass is 562 g/mol. The van der Waals surface area contributed by atoms with Crippen LogP contribution < -0.4 is 10.6 Å². The number of fused-ring (bicyclic) bond motifs is 1. The maximum absolute atomic E-state index is 12.6. The van der Waals surface area contributed by atoms with Gasteiger partial charge in [-0.05, 0) is 59.2 Å². The van der Waals surface area contributed by atoms with Crippen molar-refractivity contribution in [1.82, 2.24) is 10.2 Å². The number of hydrogen-bond donors (Lipinski definition) is 4. The van der Waals surface area contributed by atoms with Crippen LogP contribution in [0.25, 0.3) is 27.3 Å². The van der Waals surface area contributed by atoms with Gasteiger partial charge in [0.1, 0.15) is 23.9 Å². The van der Waals surface area contributed by atoms with Crippen LogP contribution in [0.5, 0.6) is 0 Å². The molecule has 1 aromatic heterocycles. The van der Waals surface area contributed by atoms with Crippen molar-refractivity contribution in [3.63, 3.8) is 0 Å². The standard InChI is InChI=1S/C30H34N4O5S/c31-18-23(30(37)33-19-27-29(36)26(35)7-12-39-27)17-25-5-6-28(40-25)22-2-1-21-16-24(4-3-20(21)15-22)32-8-9-34-10-13-38-14-11-34/h1-6,15-17,26-27,29,32,35-36H,7-14,19H2,(H,33,37)/b23-17+/t26-,27-,29+/m1/s1. The summed E-state index contributed by atoms with van der Waals surface area (Å²) in [4.78, 5) is 16.8. The van der Waals surface area contributed by atoms with Gasteiger partial charge in [0.05, 0.1) is 19.3 Å². The molecule has 0 spiro atoms. The normalized spacial score (nSPS) is 22.1. The van der Waals surface area contributed by atoms with E-state index in [0.29, 0.717) is 13.0 Å². The molecule has 3 aromatic rings. The van der Waals surface area contributed by atoms with Crippen LogP contribution >= 0.6 is 11.3 Å². The second kappa shape index (κ2) is 13.4. The number of amides is 1. The van der Waals surface area contributed by atoms with E-state index in [4.69, 9.17) is 9.47 Å². The minimum atomic E-state index is -1.08. The smallest absolute Gasteiger partial charge is 0.262 e. The van der Waals surface area contributed by atoms with Gasteiger partial charge in [-0.25, -0.2) is 0 Å². The summed E-state index contributed by atoms with van der Waals surface area (Å²) in [5.41, 5.74) is 2.13. The lowest BCUT2D eigenvalue weighted by molar-refractivity contribution is -0.136. The number of thiophene rings is 1. The lowest BCUT2D eigenvalue weighted by atomic mass is 10.0. The van der Waals surface area contributed by atoms with E-state index in [0.717, 1.165) is 71.2 Å². The lowest BCUT2D eigenvalue weighted by Gasteiger charge is -2.31. The molecule has 210 valence electrons. The second-order valence-corrected chi connectivity index (χ2v) is 11.1. The van der Waals surface area contributed by atoms with Crippen LogP contribution in [0.4, 0.5) is 5.69 Å². The maximum atomic E-state index is 12.6. The van der Waals surface area contributed by atoms with Crippen LogP contribution in [0.3, 0.4) is 0 Å². The van der Waals surface area contributed by atoms with E-state index in [-0.39, 0.29) is 12.1 Å². The molecule has 2 aliphatic rings. The molecular formula is C30H34N4O5S. The van der Waals surface area contributed by atoms with E-state index in [1.54, 1.807) is 6.08 Å². The van der Waals surface area contributed by atoms with Gasteiger partial charge in [0.25, 0.3) is 5.91 Å². The summed E-state index contributed by atoms with van der Waals surface area (Å²) in [6.07, 6.45) is -0.761. The van der Waals surface area contributed by atoms with Crippen LogP contribution in [0, 0.1) is 11.3 Å². The summed E-state index contributed by atoms with van der Waals surface area (Å²) in [6.45, 7) is 5.78. The quantitative estimate of drug-likeness (QED) is 0.232. The van der Waals surface area contributed by atoms with Gasteiger partial charge in [-0.1, -0.05) is 18.2 Å². The topological polar surface area (TPSA) is 127 Å². The highest BCUT2D eigenvalue weighted by atomic mass is 32.1. The number of nitriles is 1. The van der Waals surface area contributed by atoms with E-state index < -0.39 is 24.2 Å². The number of rotatable bonds is 9. The molecule has 9 nitrogen and oxygen atoms in total. The number of hydrogen-bond acceptors (Lipinski definition) is 9. The van der Waals surface area contributed by atoms with Crippen molar-refractivity contribution in [2.75, 3.05) is 57.9 Å². The van der Waals surface area contributed by atoms with Gasteiger partial charge in [-0.3, -0.25) is 9.69 Å². The van der Waals surface area contributed by atoms with Gasteiger partial charge in [0.2, 0.25) is 0 Å². The number of carbonyl (C=O) groups excluding carboxylic acids is 1. The molecule has 2 aromatic carbocycles. The highest BCUT2D eigenvalue weighted by molar-refractivity contribution is 7.16. The third kappa shape index (κ3) is 7.06.